The molecule has 0 spiro atoms. The van der Waals surface area contributed by atoms with Gasteiger partial charge in [0.05, 0.1) is 13.7 Å². The highest BCUT2D eigenvalue weighted by molar-refractivity contribution is 5.45. The SMILES string of the molecule is CCN(Cc1cc(OC)ccc1C#CCCO)C(C)C. The zero-order valence-corrected chi connectivity index (χ0v) is 12.9. The third-order valence-electron chi connectivity index (χ3n) is 3.28. The first kappa shape index (κ1) is 16.6. The number of benzene rings is 1. The molecule has 0 saturated carbocycles. The van der Waals surface area contributed by atoms with E-state index < -0.39 is 0 Å². The van der Waals surface area contributed by atoms with Crippen LogP contribution in [0.1, 0.15) is 38.3 Å². The second-order valence-corrected chi connectivity index (χ2v) is 4.96. The Morgan fingerprint density at radius 2 is 2.10 bits per heavy atom. The molecule has 0 aliphatic rings. The first-order valence-corrected chi connectivity index (χ1v) is 7.13. The lowest BCUT2D eigenvalue weighted by Crippen LogP contribution is -2.30. The number of hydrogen-bond acceptors (Lipinski definition) is 3. The van der Waals surface area contributed by atoms with Crippen molar-refractivity contribution >= 4 is 0 Å². The van der Waals surface area contributed by atoms with Crippen LogP contribution in [0.15, 0.2) is 18.2 Å². The first-order chi connectivity index (χ1) is 9.62. The summed E-state index contributed by atoms with van der Waals surface area (Å²) in [5, 5.41) is 8.82. The predicted octanol–water partition coefficient (Wildman–Crippen LogP) is 2.66. The van der Waals surface area contributed by atoms with Gasteiger partial charge in [-0.2, -0.15) is 0 Å². The summed E-state index contributed by atoms with van der Waals surface area (Å²) in [6.07, 6.45) is 0.507. The molecule has 110 valence electrons. The van der Waals surface area contributed by atoms with Gasteiger partial charge in [-0.25, -0.2) is 0 Å². The lowest BCUT2D eigenvalue weighted by molar-refractivity contribution is 0.224. The van der Waals surface area contributed by atoms with Crippen molar-refractivity contribution < 1.29 is 9.84 Å². The van der Waals surface area contributed by atoms with E-state index in [2.05, 4.69) is 37.5 Å². The lowest BCUT2D eigenvalue weighted by atomic mass is 10.1. The fourth-order valence-corrected chi connectivity index (χ4v) is 2.04. The molecule has 0 aromatic heterocycles. The Morgan fingerprint density at radius 3 is 2.65 bits per heavy atom. The Hall–Kier alpha value is -1.50. The van der Waals surface area contributed by atoms with E-state index in [1.165, 1.54) is 5.56 Å². The van der Waals surface area contributed by atoms with Crippen LogP contribution in [0, 0.1) is 11.8 Å². The average Bonchev–Trinajstić information content (AvgIpc) is 2.45. The molecule has 0 amide bonds. The van der Waals surface area contributed by atoms with Gasteiger partial charge < -0.3 is 9.84 Å². The van der Waals surface area contributed by atoms with E-state index in [0.717, 1.165) is 24.4 Å². The highest BCUT2D eigenvalue weighted by Crippen LogP contribution is 2.19. The highest BCUT2D eigenvalue weighted by Gasteiger charge is 2.11. The molecule has 3 nitrogen and oxygen atoms in total. The zero-order chi connectivity index (χ0) is 15.0. The van der Waals surface area contributed by atoms with Gasteiger partial charge in [0.2, 0.25) is 0 Å². The molecule has 0 radical (unpaired) electrons. The van der Waals surface area contributed by atoms with Crippen molar-refractivity contribution in [1.82, 2.24) is 4.90 Å². The van der Waals surface area contributed by atoms with E-state index in [1.807, 2.05) is 18.2 Å². The van der Waals surface area contributed by atoms with E-state index in [4.69, 9.17) is 9.84 Å². The molecule has 1 aromatic carbocycles. The molecule has 0 unspecified atom stereocenters. The molecule has 0 fully saturated rings. The fraction of sp³-hybridized carbons (Fsp3) is 0.529. The van der Waals surface area contributed by atoms with E-state index in [1.54, 1.807) is 7.11 Å². The Kier molecular flexibility index (Phi) is 7.14. The molecule has 0 saturated heterocycles. The maximum atomic E-state index is 8.82. The van der Waals surface area contributed by atoms with Crippen molar-refractivity contribution in [3.05, 3.63) is 29.3 Å². The van der Waals surface area contributed by atoms with Crippen LogP contribution in [0.5, 0.6) is 5.75 Å². The number of nitrogens with zero attached hydrogens (tertiary/aromatic N) is 1. The van der Waals surface area contributed by atoms with Crippen molar-refractivity contribution in [2.45, 2.75) is 39.8 Å². The van der Waals surface area contributed by atoms with Gasteiger partial charge in [0.15, 0.2) is 0 Å². The highest BCUT2D eigenvalue weighted by atomic mass is 16.5. The fourth-order valence-electron chi connectivity index (χ4n) is 2.04. The topological polar surface area (TPSA) is 32.7 Å². The van der Waals surface area contributed by atoms with Gasteiger partial charge >= 0.3 is 0 Å². The minimum Gasteiger partial charge on any atom is -0.497 e. The summed E-state index contributed by atoms with van der Waals surface area (Å²) in [6.45, 7) is 8.51. The number of aliphatic hydroxyl groups excluding tert-OH is 1. The number of aliphatic hydroxyl groups is 1. The van der Waals surface area contributed by atoms with Gasteiger partial charge in [-0.05, 0) is 44.2 Å². The molecule has 0 heterocycles. The molecule has 3 heteroatoms. The molecule has 0 aliphatic heterocycles. The van der Waals surface area contributed by atoms with Crippen molar-refractivity contribution in [3.63, 3.8) is 0 Å². The average molecular weight is 275 g/mol. The summed E-state index contributed by atoms with van der Waals surface area (Å²) >= 11 is 0. The van der Waals surface area contributed by atoms with E-state index in [-0.39, 0.29) is 6.61 Å². The van der Waals surface area contributed by atoms with Crippen LogP contribution in [0.25, 0.3) is 0 Å². The van der Waals surface area contributed by atoms with Gasteiger partial charge in [-0.15, -0.1) is 0 Å². The quantitative estimate of drug-likeness (QED) is 0.810. The summed E-state index contributed by atoms with van der Waals surface area (Å²) in [5.74, 6) is 6.99. The number of ether oxygens (including phenoxy) is 1. The zero-order valence-electron chi connectivity index (χ0n) is 12.9. The van der Waals surface area contributed by atoms with Crippen molar-refractivity contribution in [2.75, 3.05) is 20.3 Å². The second kappa shape index (κ2) is 8.63. The third kappa shape index (κ3) is 4.88. The third-order valence-corrected chi connectivity index (χ3v) is 3.28. The Morgan fingerprint density at radius 1 is 1.35 bits per heavy atom. The van der Waals surface area contributed by atoms with Gasteiger partial charge in [-0.1, -0.05) is 18.8 Å². The Bertz CT molecular complexity index is 472. The monoisotopic (exact) mass is 275 g/mol. The molecule has 20 heavy (non-hydrogen) atoms. The van der Waals surface area contributed by atoms with Crippen LogP contribution < -0.4 is 4.74 Å². The minimum atomic E-state index is 0.103. The van der Waals surface area contributed by atoms with Gasteiger partial charge in [0.1, 0.15) is 5.75 Å². The van der Waals surface area contributed by atoms with Crippen molar-refractivity contribution in [1.29, 1.82) is 0 Å². The van der Waals surface area contributed by atoms with Crippen LogP contribution in [-0.4, -0.2) is 36.3 Å². The van der Waals surface area contributed by atoms with Crippen LogP contribution >= 0.6 is 0 Å². The molecule has 0 aliphatic carbocycles. The molecule has 1 N–H and O–H groups in total. The number of methoxy groups -OCH3 is 1. The summed E-state index contributed by atoms with van der Waals surface area (Å²) < 4.78 is 5.30. The van der Waals surface area contributed by atoms with Gasteiger partial charge in [-0.3, -0.25) is 4.90 Å². The van der Waals surface area contributed by atoms with Gasteiger partial charge in [0.25, 0.3) is 0 Å². The Labute approximate surface area is 122 Å². The largest absolute Gasteiger partial charge is 0.497 e. The maximum Gasteiger partial charge on any atom is 0.119 e. The predicted molar refractivity (Wildman–Crippen MR) is 82.8 cm³/mol. The molecule has 1 rings (SSSR count). The second-order valence-electron chi connectivity index (χ2n) is 4.96. The molecule has 1 aromatic rings. The van der Waals surface area contributed by atoms with E-state index in [9.17, 15) is 0 Å². The molecular weight excluding hydrogens is 250 g/mol. The van der Waals surface area contributed by atoms with Crippen LogP contribution in [0.2, 0.25) is 0 Å². The standard InChI is InChI=1S/C17H25NO2/c1-5-18(14(2)3)13-16-12-17(20-4)10-9-15(16)8-6-7-11-19/h9-10,12,14,19H,5,7,11,13H2,1-4H3. The van der Waals surface area contributed by atoms with E-state index in [0.29, 0.717) is 12.5 Å². The smallest absolute Gasteiger partial charge is 0.119 e. The minimum absolute atomic E-state index is 0.103. The lowest BCUT2D eigenvalue weighted by Gasteiger charge is -2.25. The summed E-state index contributed by atoms with van der Waals surface area (Å²) in [4.78, 5) is 2.38. The van der Waals surface area contributed by atoms with Gasteiger partial charge in [0, 0.05) is 24.6 Å². The molecular formula is C17H25NO2. The number of hydrogen-bond donors (Lipinski definition) is 1. The van der Waals surface area contributed by atoms with E-state index >= 15 is 0 Å². The molecule has 0 bridgehead atoms. The van der Waals surface area contributed by atoms with Crippen molar-refractivity contribution in [2.24, 2.45) is 0 Å². The maximum absolute atomic E-state index is 8.82. The number of rotatable bonds is 6. The van der Waals surface area contributed by atoms with Crippen LogP contribution in [-0.2, 0) is 6.54 Å². The van der Waals surface area contributed by atoms with Crippen LogP contribution in [0.4, 0.5) is 0 Å². The first-order valence-electron chi connectivity index (χ1n) is 7.13. The summed E-state index contributed by atoms with van der Waals surface area (Å²) in [6, 6.07) is 6.46. The molecule has 0 atom stereocenters. The van der Waals surface area contributed by atoms with Crippen LogP contribution in [0.3, 0.4) is 0 Å². The normalized spacial score (nSPS) is 10.6. The van der Waals surface area contributed by atoms with Crippen molar-refractivity contribution in [3.8, 4) is 17.6 Å². The Balaban J connectivity index is 3.03. The summed E-state index contributed by atoms with van der Waals surface area (Å²) in [7, 11) is 1.68. The summed E-state index contributed by atoms with van der Waals surface area (Å²) in [5.41, 5.74) is 2.18.